The van der Waals surface area contributed by atoms with Crippen LogP contribution in [0.4, 0.5) is 5.13 Å². The van der Waals surface area contributed by atoms with Crippen molar-refractivity contribution in [2.75, 3.05) is 18.9 Å². The van der Waals surface area contributed by atoms with Crippen molar-refractivity contribution in [2.45, 2.75) is 6.54 Å². The van der Waals surface area contributed by atoms with Gasteiger partial charge in [0.25, 0.3) is 0 Å². The third-order valence-electron chi connectivity index (χ3n) is 2.15. The Morgan fingerprint density at radius 1 is 1.61 bits per heavy atom. The van der Waals surface area contributed by atoms with Crippen molar-refractivity contribution in [1.82, 2.24) is 9.88 Å². The number of nitrogens with zero attached hydrogens (tertiary/aromatic N) is 2. The molecule has 0 aliphatic heterocycles. The number of carbonyl (C=O) groups excluding carboxylic acids is 1. The summed E-state index contributed by atoms with van der Waals surface area (Å²) < 4.78 is 6.07. The zero-order chi connectivity index (χ0) is 13.0. The minimum Gasteiger partial charge on any atom is -0.453 e. The lowest BCUT2D eigenvalue weighted by atomic mass is 10.4. The van der Waals surface area contributed by atoms with E-state index in [2.05, 4.69) is 26.2 Å². The van der Waals surface area contributed by atoms with Crippen LogP contribution in [-0.2, 0) is 11.3 Å². The highest BCUT2D eigenvalue weighted by Crippen LogP contribution is 2.15. The van der Waals surface area contributed by atoms with Gasteiger partial charge < -0.3 is 9.73 Å². The molecule has 0 bridgehead atoms. The molecular weight excluding hydrogens is 318 g/mol. The second-order valence-electron chi connectivity index (χ2n) is 3.76. The van der Waals surface area contributed by atoms with E-state index in [4.69, 9.17) is 4.42 Å². The van der Waals surface area contributed by atoms with E-state index in [0.29, 0.717) is 16.3 Å². The highest BCUT2D eigenvalue weighted by atomic mass is 79.9. The average molecular weight is 330 g/mol. The van der Waals surface area contributed by atoms with Gasteiger partial charge in [0.1, 0.15) is 5.76 Å². The summed E-state index contributed by atoms with van der Waals surface area (Å²) in [5.74, 6) is 0.726. The summed E-state index contributed by atoms with van der Waals surface area (Å²) in [7, 11) is 1.86. The van der Waals surface area contributed by atoms with Crippen LogP contribution in [0.1, 0.15) is 5.76 Å². The molecular formula is C11H12BrN3O2S. The van der Waals surface area contributed by atoms with Gasteiger partial charge in [-0.25, -0.2) is 4.98 Å². The molecule has 96 valence electrons. The Kier molecular flexibility index (Phi) is 4.51. The van der Waals surface area contributed by atoms with Crippen LogP contribution in [0, 0.1) is 0 Å². The number of aromatic nitrogens is 1. The van der Waals surface area contributed by atoms with Gasteiger partial charge in [-0.1, -0.05) is 0 Å². The van der Waals surface area contributed by atoms with Crippen LogP contribution in [0.25, 0.3) is 0 Å². The minimum absolute atomic E-state index is 0.0851. The number of halogens is 1. The molecule has 7 heteroatoms. The summed E-state index contributed by atoms with van der Waals surface area (Å²) >= 11 is 4.64. The maximum atomic E-state index is 11.7. The first kappa shape index (κ1) is 13.3. The highest BCUT2D eigenvalue weighted by molar-refractivity contribution is 9.10. The van der Waals surface area contributed by atoms with Crippen LogP contribution >= 0.6 is 27.3 Å². The molecule has 0 fully saturated rings. The van der Waals surface area contributed by atoms with Crippen molar-refractivity contribution in [3.8, 4) is 0 Å². The molecule has 5 nitrogen and oxygen atoms in total. The van der Waals surface area contributed by atoms with E-state index in [1.54, 1.807) is 6.20 Å². The fraction of sp³-hybridized carbons (Fsp3) is 0.273. The van der Waals surface area contributed by atoms with Gasteiger partial charge >= 0.3 is 0 Å². The number of anilines is 1. The molecule has 0 aliphatic rings. The maximum absolute atomic E-state index is 11.7. The summed E-state index contributed by atoms with van der Waals surface area (Å²) in [6.07, 6.45) is 1.66. The van der Waals surface area contributed by atoms with Crippen molar-refractivity contribution in [3.63, 3.8) is 0 Å². The largest absolute Gasteiger partial charge is 0.453 e. The fourth-order valence-corrected chi connectivity index (χ4v) is 2.33. The van der Waals surface area contributed by atoms with Crippen LogP contribution in [0.2, 0.25) is 0 Å². The predicted molar refractivity (Wildman–Crippen MR) is 73.5 cm³/mol. The van der Waals surface area contributed by atoms with Crippen molar-refractivity contribution in [3.05, 3.63) is 34.1 Å². The van der Waals surface area contributed by atoms with E-state index < -0.39 is 0 Å². The van der Waals surface area contributed by atoms with Gasteiger partial charge in [0, 0.05) is 11.6 Å². The Balaban J connectivity index is 1.80. The molecule has 2 aromatic rings. The number of hydrogen-bond donors (Lipinski definition) is 1. The SMILES string of the molecule is CN(CC(=O)Nc1nccs1)Cc1ccc(Br)o1. The Morgan fingerprint density at radius 3 is 3.06 bits per heavy atom. The standard InChI is InChI=1S/C11H12BrN3O2S/c1-15(6-8-2-3-9(12)17-8)7-10(16)14-11-13-4-5-18-11/h2-5H,6-7H2,1H3,(H,13,14,16). The third-order valence-corrected chi connectivity index (χ3v) is 3.26. The normalized spacial score (nSPS) is 10.8. The lowest BCUT2D eigenvalue weighted by Crippen LogP contribution is -2.29. The van der Waals surface area contributed by atoms with Crippen LogP contribution in [-0.4, -0.2) is 29.4 Å². The van der Waals surface area contributed by atoms with Gasteiger partial charge in [-0.05, 0) is 35.1 Å². The van der Waals surface area contributed by atoms with Crippen LogP contribution in [0.15, 0.2) is 32.8 Å². The van der Waals surface area contributed by atoms with Gasteiger partial charge in [0.15, 0.2) is 9.80 Å². The Morgan fingerprint density at radius 2 is 2.44 bits per heavy atom. The zero-order valence-corrected chi connectivity index (χ0v) is 12.1. The van der Waals surface area contributed by atoms with Crippen molar-refractivity contribution >= 4 is 38.3 Å². The Hall–Kier alpha value is -1.18. The number of thiazole rings is 1. The van der Waals surface area contributed by atoms with E-state index >= 15 is 0 Å². The monoisotopic (exact) mass is 329 g/mol. The van der Waals surface area contributed by atoms with Crippen LogP contribution in [0.5, 0.6) is 0 Å². The summed E-state index contributed by atoms with van der Waals surface area (Å²) in [6, 6.07) is 3.71. The quantitative estimate of drug-likeness (QED) is 0.915. The Bertz CT molecular complexity index is 512. The maximum Gasteiger partial charge on any atom is 0.240 e. The molecule has 0 aliphatic carbocycles. The smallest absolute Gasteiger partial charge is 0.240 e. The number of carbonyl (C=O) groups is 1. The first-order valence-corrected chi connectivity index (χ1v) is 6.93. The molecule has 0 radical (unpaired) electrons. The molecule has 0 saturated heterocycles. The number of nitrogens with one attached hydrogen (secondary N) is 1. The molecule has 2 rings (SSSR count). The van der Waals surface area contributed by atoms with Gasteiger partial charge in [-0.2, -0.15) is 0 Å². The van der Waals surface area contributed by atoms with Crippen LogP contribution in [0.3, 0.4) is 0 Å². The van der Waals surface area contributed by atoms with Gasteiger partial charge in [-0.3, -0.25) is 9.69 Å². The molecule has 0 unspecified atom stereocenters. The topological polar surface area (TPSA) is 58.4 Å². The second-order valence-corrected chi connectivity index (χ2v) is 5.44. The lowest BCUT2D eigenvalue weighted by molar-refractivity contribution is -0.117. The lowest BCUT2D eigenvalue weighted by Gasteiger charge is -2.13. The molecule has 0 aromatic carbocycles. The van der Waals surface area contributed by atoms with Gasteiger partial charge in [0.2, 0.25) is 5.91 Å². The number of amides is 1. The van der Waals surface area contributed by atoms with Gasteiger partial charge in [-0.15, -0.1) is 11.3 Å². The Labute approximate surface area is 117 Å². The van der Waals surface area contributed by atoms with Crippen molar-refractivity contribution in [1.29, 1.82) is 0 Å². The molecule has 2 aromatic heterocycles. The number of rotatable bonds is 5. The number of likely N-dealkylation sites (N-methyl/N-ethyl adjacent to an activating group) is 1. The summed E-state index contributed by atoms with van der Waals surface area (Å²) in [4.78, 5) is 17.6. The minimum atomic E-state index is -0.0851. The van der Waals surface area contributed by atoms with E-state index in [-0.39, 0.29) is 12.5 Å². The first-order chi connectivity index (χ1) is 8.63. The van der Waals surface area contributed by atoms with Crippen molar-refractivity contribution < 1.29 is 9.21 Å². The van der Waals surface area contributed by atoms with E-state index in [0.717, 1.165) is 5.76 Å². The highest BCUT2D eigenvalue weighted by Gasteiger charge is 2.10. The van der Waals surface area contributed by atoms with Crippen molar-refractivity contribution in [2.24, 2.45) is 0 Å². The molecule has 18 heavy (non-hydrogen) atoms. The number of hydrogen-bond acceptors (Lipinski definition) is 5. The molecule has 1 N–H and O–H groups in total. The molecule has 2 heterocycles. The van der Waals surface area contributed by atoms with E-state index in [1.165, 1.54) is 11.3 Å². The summed E-state index contributed by atoms with van der Waals surface area (Å²) in [5, 5.41) is 5.17. The van der Waals surface area contributed by atoms with E-state index in [1.807, 2.05) is 29.5 Å². The molecule has 1 amide bonds. The summed E-state index contributed by atoms with van der Waals surface area (Å²) in [6.45, 7) is 0.870. The molecule has 0 saturated carbocycles. The van der Waals surface area contributed by atoms with Crippen LogP contribution < -0.4 is 5.32 Å². The van der Waals surface area contributed by atoms with E-state index in [9.17, 15) is 4.79 Å². The number of furan rings is 1. The second kappa shape index (κ2) is 6.12. The molecule has 0 spiro atoms. The third kappa shape index (κ3) is 3.94. The fourth-order valence-electron chi connectivity index (χ4n) is 1.45. The average Bonchev–Trinajstić information content (AvgIpc) is 2.90. The van der Waals surface area contributed by atoms with Gasteiger partial charge in [0.05, 0.1) is 13.1 Å². The summed E-state index contributed by atoms with van der Waals surface area (Å²) in [5.41, 5.74) is 0. The predicted octanol–water partition coefficient (Wildman–Crippen LogP) is 2.57. The first-order valence-electron chi connectivity index (χ1n) is 5.25. The zero-order valence-electron chi connectivity index (χ0n) is 9.72. The molecule has 0 atom stereocenters.